The van der Waals surface area contributed by atoms with Crippen molar-refractivity contribution in [3.8, 4) is 11.5 Å². The van der Waals surface area contributed by atoms with Crippen molar-refractivity contribution in [2.45, 2.75) is 6.37 Å². The Hall–Kier alpha value is 0.210. The van der Waals surface area contributed by atoms with Gasteiger partial charge >= 0.3 is 0 Å². The van der Waals surface area contributed by atoms with Crippen LogP contribution in [-0.4, -0.2) is 24.1 Å². The predicted molar refractivity (Wildman–Crippen MR) is 76.2 cm³/mol. The van der Waals surface area contributed by atoms with Gasteiger partial charge in [0, 0.05) is 6.07 Å². The van der Waals surface area contributed by atoms with E-state index in [1.807, 2.05) is 0 Å². The second-order valence-electron chi connectivity index (χ2n) is 2.97. The molecule has 0 unspecified atom stereocenters. The molecule has 96 valence electrons. The highest BCUT2D eigenvalue weighted by Crippen LogP contribution is 2.45. The smallest absolute Gasteiger partial charge is 0.239 e. The molecular formula is C9H9Br3O4S. The highest BCUT2D eigenvalue weighted by atomic mass is 80.0. The summed E-state index contributed by atoms with van der Waals surface area (Å²) in [5.41, 5.74) is 0. The highest BCUT2D eigenvalue weighted by molar-refractivity contribution is 9.42. The summed E-state index contributed by atoms with van der Waals surface area (Å²) < 4.78 is 33.0. The fraction of sp³-hybridized carbons (Fsp3) is 0.333. The molecule has 1 rings (SSSR count). The third kappa shape index (κ3) is 3.15. The quantitative estimate of drug-likeness (QED) is 0.660. The van der Waals surface area contributed by atoms with Crippen molar-refractivity contribution in [1.82, 2.24) is 0 Å². The lowest BCUT2D eigenvalue weighted by Gasteiger charge is -2.16. The number of sulfone groups is 1. The van der Waals surface area contributed by atoms with Crippen molar-refractivity contribution < 1.29 is 17.9 Å². The molecule has 1 aromatic carbocycles. The van der Waals surface area contributed by atoms with Crippen LogP contribution in [0.4, 0.5) is 0 Å². The van der Waals surface area contributed by atoms with Gasteiger partial charge in [-0.1, -0.05) is 0 Å². The molecule has 0 bridgehead atoms. The van der Waals surface area contributed by atoms with Gasteiger partial charge in [0.2, 0.25) is 11.3 Å². The van der Waals surface area contributed by atoms with E-state index in [9.17, 15) is 8.42 Å². The van der Waals surface area contributed by atoms with Gasteiger partial charge in [-0.15, -0.1) is 0 Å². The average Bonchev–Trinajstić information content (AvgIpc) is 2.26. The molecule has 0 N–H and O–H groups in total. The zero-order chi connectivity index (χ0) is 13.3. The Kier molecular flexibility index (Phi) is 4.90. The van der Waals surface area contributed by atoms with Crippen LogP contribution in [-0.2, 0) is 9.84 Å². The van der Waals surface area contributed by atoms with Crippen LogP contribution in [0.3, 0.4) is 0 Å². The van der Waals surface area contributed by atoms with Crippen molar-refractivity contribution in [3.05, 3.63) is 18.2 Å². The maximum absolute atomic E-state index is 12.2. The first-order chi connectivity index (χ1) is 7.74. The normalized spacial score (nSPS) is 12.3. The minimum Gasteiger partial charge on any atom is -0.497 e. The second kappa shape index (κ2) is 5.46. The first-order valence-electron chi connectivity index (χ1n) is 4.27. The van der Waals surface area contributed by atoms with Crippen LogP contribution in [0.25, 0.3) is 0 Å². The van der Waals surface area contributed by atoms with Gasteiger partial charge in [-0.2, -0.15) is 0 Å². The summed E-state index contributed by atoms with van der Waals surface area (Å²) in [7, 11) is -0.787. The Labute approximate surface area is 125 Å². The van der Waals surface area contributed by atoms with Crippen LogP contribution in [0, 0.1) is 0 Å². The zero-order valence-electron chi connectivity index (χ0n) is 8.91. The molecule has 0 fully saturated rings. The number of halogens is 3. The van der Waals surface area contributed by atoms with Crippen LogP contribution >= 0.6 is 47.8 Å². The largest absolute Gasteiger partial charge is 0.497 e. The molecule has 0 saturated carbocycles. The molecule has 0 saturated heterocycles. The van der Waals surface area contributed by atoms with Crippen molar-refractivity contribution in [2.75, 3.05) is 14.2 Å². The summed E-state index contributed by atoms with van der Waals surface area (Å²) in [6.45, 7) is 0. The minimum atomic E-state index is -3.67. The number of alkyl halides is 3. The van der Waals surface area contributed by atoms with E-state index in [1.165, 1.54) is 26.4 Å². The molecule has 4 nitrogen and oxygen atoms in total. The van der Waals surface area contributed by atoms with Crippen LogP contribution in [0.5, 0.6) is 11.5 Å². The Morgan fingerprint density at radius 3 is 2.12 bits per heavy atom. The SMILES string of the molecule is COc1ccc(S(=O)(=O)C(Br)(Br)Br)c(OC)c1. The summed E-state index contributed by atoms with van der Waals surface area (Å²) >= 11 is 8.98. The van der Waals surface area contributed by atoms with Crippen molar-refractivity contribution >= 4 is 57.6 Å². The van der Waals surface area contributed by atoms with E-state index >= 15 is 0 Å². The molecule has 1 aromatic rings. The van der Waals surface area contributed by atoms with Gasteiger partial charge in [0.15, 0.2) is 0 Å². The van der Waals surface area contributed by atoms with E-state index < -0.39 is 11.3 Å². The van der Waals surface area contributed by atoms with E-state index in [0.29, 0.717) is 5.75 Å². The van der Waals surface area contributed by atoms with Crippen molar-refractivity contribution in [3.63, 3.8) is 0 Å². The van der Waals surface area contributed by atoms with Gasteiger partial charge in [0.1, 0.15) is 16.4 Å². The van der Waals surface area contributed by atoms with Gasteiger partial charge in [0.25, 0.3) is 0 Å². The number of benzene rings is 1. The third-order valence-corrected chi connectivity index (χ3v) is 7.33. The fourth-order valence-electron chi connectivity index (χ4n) is 1.12. The minimum absolute atomic E-state index is 0.0476. The maximum atomic E-state index is 12.2. The van der Waals surface area contributed by atoms with Crippen LogP contribution in [0.15, 0.2) is 23.1 Å². The first-order valence-corrected chi connectivity index (χ1v) is 8.13. The number of ether oxygens (including phenoxy) is 2. The van der Waals surface area contributed by atoms with Gasteiger partial charge in [0.05, 0.1) is 14.2 Å². The van der Waals surface area contributed by atoms with Gasteiger partial charge < -0.3 is 9.47 Å². The van der Waals surface area contributed by atoms with Gasteiger partial charge in [-0.3, -0.25) is 0 Å². The summed E-state index contributed by atoms with van der Waals surface area (Å²) in [6, 6.07) is 4.48. The maximum Gasteiger partial charge on any atom is 0.239 e. The Balaban J connectivity index is 3.43. The van der Waals surface area contributed by atoms with E-state index in [2.05, 4.69) is 47.8 Å². The van der Waals surface area contributed by atoms with E-state index in [1.54, 1.807) is 6.07 Å². The van der Waals surface area contributed by atoms with Gasteiger partial charge in [-0.25, -0.2) is 8.42 Å². The number of rotatable bonds is 3. The molecule has 0 aliphatic carbocycles. The zero-order valence-corrected chi connectivity index (χ0v) is 14.5. The summed E-state index contributed by atoms with van der Waals surface area (Å²) in [5.74, 6) is 0.734. The second-order valence-corrected chi connectivity index (χ2v) is 13.4. The lowest BCUT2D eigenvalue weighted by molar-refractivity contribution is 0.386. The molecule has 0 atom stereocenters. The molecular weight excluding hydrogens is 444 g/mol. The molecule has 0 heterocycles. The lowest BCUT2D eigenvalue weighted by Crippen LogP contribution is -2.18. The van der Waals surface area contributed by atoms with Crippen molar-refractivity contribution in [2.24, 2.45) is 0 Å². The van der Waals surface area contributed by atoms with Crippen LogP contribution in [0.2, 0.25) is 0 Å². The van der Waals surface area contributed by atoms with Crippen molar-refractivity contribution in [1.29, 1.82) is 0 Å². The molecule has 0 aromatic heterocycles. The molecule has 0 spiro atoms. The summed E-state index contributed by atoms with van der Waals surface area (Å²) in [6.07, 6.45) is 0. The topological polar surface area (TPSA) is 52.6 Å². The van der Waals surface area contributed by atoms with E-state index in [0.717, 1.165) is 0 Å². The first kappa shape index (κ1) is 15.3. The molecule has 8 heteroatoms. The number of hydrogen-bond acceptors (Lipinski definition) is 4. The Bertz CT molecular complexity index is 507. The van der Waals surface area contributed by atoms with E-state index in [4.69, 9.17) is 9.47 Å². The third-order valence-electron chi connectivity index (χ3n) is 1.97. The Morgan fingerprint density at radius 1 is 1.12 bits per heavy atom. The molecule has 0 amide bonds. The number of hydrogen-bond donors (Lipinski definition) is 0. The molecule has 0 aliphatic heterocycles. The standard InChI is InChI=1S/C9H9Br3O4S/c1-15-6-3-4-8(7(5-6)16-2)17(13,14)9(10,11)12/h3-5H,1-2H3. The summed E-state index contributed by atoms with van der Waals surface area (Å²) in [5, 5.41) is 0. The molecule has 0 aliphatic rings. The monoisotopic (exact) mass is 450 g/mol. The Morgan fingerprint density at radius 2 is 1.71 bits per heavy atom. The van der Waals surface area contributed by atoms with Crippen LogP contribution < -0.4 is 9.47 Å². The average molecular weight is 453 g/mol. The molecule has 17 heavy (non-hydrogen) atoms. The van der Waals surface area contributed by atoms with Crippen LogP contribution in [0.1, 0.15) is 0 Å². The predicted octanol–water partition coefficient (Wildman–Crippen LogP) is 3.27. The lowest BCUT2D eigenvalue weighted by atomic mass is 10.3. The highest BCUT2D eigenvalue weighted by Gasteiger charge is 2.39. The van der Waals surface area contributed by atoms with Gasteiger partial charge in [-0.05, 0) is 59.9 Å². The molecule has 0 radical (unpaired) electrons. The number of methoxy groups -OCH3 is 2. The fourth-order valence-corrected chi connectivity index (χ4v) is 3.59. The van der Waals surface area contributed by atoms with E-state index in [-0.39, 0.29) is 10.6 Å². The summed E-state index contributed by atoms with van der Waals surface area (Å²) in [4.78, 5) is 0.0476.